The van der Waals surface area contributed by atoms with E-state index in [-0.39, 0.29) is 18.3 Å². The average Bonchev–Trinajstić information content (AvgIpc) is 1.79. The predicted octanol–water partition coefficient (Wildman–Crippen LogP) is 2.43. The minimum absolute atomic E-state index is 0.0745. The van der Waals surface area contributed by atoms with Gasteiger partial charge in [-0.3, -0.25) is 0 Å². The van der Waals surface area contributed by atoms with Crippen molar-refractivity contribution in [3.8, 4) is 0 Å². The number of halogens is 2. The largest absolute Gasteiger partial charge is 0.371 e. The molecule has 0 saturated heterocycles. The first-order chi connectivity index (χ1) is 5.31. The Hall–Kier alpha value is -0.220. The van der Waals surface area contributed by atoms with Crippen molar-refractivity contribution < 1.29 is 18.3 Å². The number of hydrogen-bond donors (Lipinski definition) is 0. The lowest BCUT2D eigenvalue weighted by Crippen LogP contribution is -2.29. The van der Waals surface area contributed by atoms with Crippen LogP contribution in [0.15, 0.2) is 0 Å². The monoisotopic (exact) mass is 182 g/mol. The summed E-state index contributed by atoms with van der Waals surface area (Å²) in [6.45, 7) is 4.52. The topological polar surface area (TPSA) is 18.5 Å². The molecule has 0 amide bonds. The van der Waals surface area contributed by atoms with E-state index in [1.54, 1.807) is 6.92 Å². The summed E-state index contributed by atoms with van der Waals surface area (Å²) in [7, 11) is 0. The van der Waals surface area contributed by atoms with Crippen LogP contribution < -0.4 is 0 Å². The molecule has 0 aliphatic heterocycles. The van der Waals surface area contributed by atoms with E-state index in [9.17, 15) is 8.78 Å². The first-order valence-electron chi connectivity index (χ1n) is 3.89. The van der Waals surface area contributed by atoms with Crippen molar-refractivity contribution in [1.82, 2.24) is 0 Å². The summed E-state index contributed by atoms with van der Waals surface area (Å²) in [5, 5.41) is 0. The van der Waals surface area contributed by atoms with Gasteiger partial charge in [0, 0.05) is 0 Å². The number of alkyl halides is 2. The quantitative estimate of drug-likeness (QED) is 0.664. The molecule has 0 spiro atoms. The Morgan fingerprint density at radius 1 is 1.25 bits per heavy atom. The molecule has 0 aliphatic rings. The highest BCUT2D eigenvalue weighted by atomic mass is 19.3. The highest BCUT2D eigenvalue weighted by Crippen LogP contribution is 2.11. The molecule has 0 saturated carbocycles. The van der Waals surface area contributed by atoms with Crippen molar-refractivity contribution in [3.05, 3.63) is 0 Å². The van der Waals surface area contributed by atoms with E-state index in [0.29, 0.717) is 0 Å². The van der Waals surface area contributed by atoms with Gasteiger partial charge in [0.1, 0.15) is 0 Å². The van der Waals surface area contributed by atoms with Crippen molar-refractivity contribution >= 4 is 0 Å². The molecule has 0 bridgehead atoms. The molecule has 0 heterocycles. The zero-order valence-corrected chi connectivity index (χ0v) is 7.93. The summed E-state index contributed by atoms with van der Waals surface area (Å²) < 4.78 is 32.5. The van der Waals surface area contributed by atoms with Gasteiger partial charge >= 0.3 is 6.61 Å². The van der Waals surface area contributed by atoms with E-state index < -0.39 is 6.61 Å². The molecule has 1 atom stereocenters. The van der Waals surface area contributed by atoms with Gasteiger partial charge in [-0.1, -0.05) is 0 Å². The van der Waals surface area contributed by atoms with E-state index in [1.165, 1.54) is 0 Å². The van der Waals surface area contributed by atoms with Crippen molar-refractivity contribution in [2.75, 3.05) is 6.61 Å². The van der Waals surface area contributed by atoms with Crippen LogP contribution in [0.3, 0.4) is 0 Å². The van der Waals surface area contributed by atoms with Gasteiger partial charge in [0.25, 0.3) is 0 Å². The molecular formula is C8H16F2O2. The van der Waals surface area contributed by atoms with Crippen LogP contribution in [-0.4, -0.2) is 24.9 Å². The second-order valence-corrected chi connectivity index (χ2v) is 3.63. The summed E-state index contributed by atoms with van der Waals surface area (Å²) in [5.74, 6) is 0. The summed E-state index contributed by atoms with van der Waals surface area (Å²) in [6, 6.07) is 0. The molecule has 0 radical (unpaired) electrons. The van der Waals surface area contributed by atoms with Crippen LogP contribution >= 0.6 is 0 Å². The fourth-order valence-corrected chi connectivity index (χ4v) is 0.846. The van der Waals surface area contributed by atoms with Gasteiger partial charge in [-0.05, 0) is 27.7 Å². The van der Waals surface area contributed by atoms with Crippen molar-refractivity contribution in [3.63, 3.8) is 0 Å². The van der Waals surface area contributed by atoms with E-state index >= 15 is 0 Å². The van der Waals surface area contributed by atoms with Gasteiger partial charge in [-0.2, -0.15) is 8.78 Å². The van der Waals surface area contributed by atoms with Crippen LogP contribution in [0.5, 0.6) is 0 Å². The molecule has 0 aromatic heterocycles. The maximum atomic E-state index is 11.6. The van der Waals surface area contributed by atoms with Crippen LogP contribution in [0.25, 0.3) is 0 Å². The molecule has 0 unspecified atom stereocenters. The number of hydrogen-bond acceptors (Lipinski definition) is 2. The number of rotatable bonds is 4. The zero-order valence-electron chi connectivity index (χ0n) is 7.93. The third kappa shape index (κ3) is 7.88. The molecule has 0 fully saturated rings. The van der Waals surface area contributed by atoms with E-state index in [2.05, 4.69) is 4.74 Å². The third-order valence-electron chi connectivity index (χ3n) is 1.01. The highest BCUT2D eigenvalue weighted by Gasteiger charge is 2.16. The normalized spacial score (nSPS) is 15.2. The lowest BCUT2D eigenvalue weighted by atomic mass is 10.2. The van der Waals surface area contributed by atoms with Gasteiger partial charge in [-0.15, -0.1) is 0 Å². The van der Waals surface area contributed by atoms with Gasteiger partial charge in [0.2, 0.25) is 0 Å². The van der Waals surface area contributed by atoms with Crippen LogP contribution in [0, 0.1) is 0 Å². The summed E-state index contributed by atoms with van der Waals surface area (Å²) in [4.78, 5) is 0. The molecule has 0 aliphatic carbocycles. The Bertz CT molecular complexity index is 121. The van der Waals surface area contributed by atoms with Crippen LogP contribution in [0.4, 0.5) is 8.78 Å². The third-order valence-corrected chi connectivity index (χ3v) is 1.01. The summed E-state index contributed by atoms with van der Waals surface area (Å²) in [6.07, 6.45) is -0.306. The molecule has 0 rings (SSSR count). The highest BCUT2D eigenvalue weighted by molar-refractivity contribution is 4.62. The summed E-state index contributed by atoms with van der Waals surface area (Å²) in [5.41, 5.74) is -0.315. The standard InChI is InChI=1S/C8H16F2O2/c1-6(5-11-7(9)10)12-8(2,3)4/h6-7H,5H2,1-4H3/t6-/m0/s1. The van der Waals surface area contributed by atoms with E-state index in [0.717, 1.165) is 0 Å². The summed E-state index contributed by atoms with van der Waals surface area (Å²) >= 11 is 0. The Morgan fingerprint density at radius 3 is 2.08 bits per heavy atom. The van der Waals surface area contributed by atoms with E-state index in [1.807, 2.05) is 20.8 Å². The van der Waals surface area contributed by atoms with Gasteiger partial charge in [0.15, 0.2) is 0 Å². The molecule has 2 nitrogen and oxygen atoms in total. The zero-order chi connectivity index (χ0) is 9.78. The van der Waals surface area contributed by atoms with Gasteiger partial charge in [0.05, 0.1) is 18.3 Å². The minimum Gasteiger partial charge on any atom is -0.371 e. The average molecular weight is 182 g/mol. The molecule has 0 aromatic rings. The molecule has 12 heavy (non-hydrogen) atoms. The van der Waals surface area contributed by atoms with Crippen LogP contribution in [-0.2, 0) is 9.47 Å². The Kier molecular flexibility index (Phi) is 4.63. The second kappa shape index (κ2) is 4.72. The van der Waals surface area contributed by atoms with Crippen molar-refractivity contribution in [2.45, 2.75) is 46.0 Å². The van der Waals surface area contributed by atoms with Crippen molar-refractivity contribution in [2.24, 2.45) is 0 Å². The molecular weight excluding hydrogens is 166 g/mol. The minimum atomic E-state index is -2.71. The Morgan fingerprint density at radius 2 is 1.75 bits per heavy atom. The SMILES string of the molecule is C[C@@H](COC(F)F)OC(C)(C)C. The lowest BCUT2D eigenvalue weighted by molar-refractivity contribution is -0.167. The van der Waals surface area contributed by atoms with Crippen LogP contribution in [0.1, 0.15) is 27.7 Å². The first kappa shape index (κ1) is 11.8. The fourth-order valence-electron chi connectivity index (χ4n) is 0.846. The Labute approximate surface area is 71.9 Å². The van der Waals surface area contributed by atoms with Gasteiger partial charge in [-0.25, -0.2) is 0 Å². The molecule has 0 aromatic carbocycles. The van der Waals surface area contributed by atoms with Gasteiger partial charge < -0.3 is 9.47 Å². The second-order valence-electron chi connectivity index (χ2n) is 3.63. The fraction of sp³-hybridized carbons (Fsp3) is 1.00. The van der Waals surface area contributed by atoms with Crippen LogP contribution in [0.2, 0.25) is 0 Å². The molecule has 74 valence electrons. The predicted molar refractivity (Wildman–Crippen MR) is 42.3 cm³/mol. The molecule has 4 heteroatoms. The lowest BCUT2D eigenvalue weighted by Gasteiger charge is -2.24. The first-order valence-corrected chi connectivity index (χ1v) is 3.89. The maximum Gasteiger partial charge on any atom is 0.345 e. The smallest absolute Gasteiger partial charge is 0.345 e. The molecule has 0 N–H and O–H groups in total. The Balaban J connectivity index is 3.53. The van der Waals surface area contributed by atoms with E-state index in [4.69, 9.17) is 4.74 Å². The van der Waals surface area contributed by atoms with Crippen molar-refractivity contribution in [1.29, 1.82) is 0 Å². The number of ether oxygens (including phenoxy) is 2. The maximum absolute atomic E-state index is 11.6.